The number of carboxylic acids is 1. The Balaban J connectivity index is 3.85. The van der Waals surface area contributed by atoms with Gasteiger partial charge in [-0.3, -0.25) is 9.59 Å². The largest absolute Gasteiger partial charge is 0.481 e. The van der Waals surface area contributed by atoms with Gasteiger partial charge in [-0.25, -0.2) is 0 Å². The molecule has 16 heavy (non-hydrogen) atoms. The summed E-state index contributed by atoms with van der Waals surface area (Å²) in [6, 6.07) is 0. The summed E-state index contributed by atoms with van der Waals surface area (Å²) in [7, 11) is 0. The van der Waals surface area contributed by atoms with E-state index in [-0.39, 0.29) is 12.3 Å². The van der Waals surface area contributed by atoms with Crippen molar-refractivity contribution in [1.82, 2.24) is 5.32 Å². The lowest BCUT2D eigenvalue weighted by Crippen LogP contribution is -2.43. The fraction of sp³-hybridized carbons (Fsp3) is 0.833. The van der Waals surface area contributed by atoms with Gasteiger partial charge in [-0.1, -0.05) is 19.8 Å². The molecule has 1 amide bonds. The molecule has 0 rings (SSSR count). The number of amides is 1. The molecule has 0 radical (unpaired) electrons. The van der Waals surface area contributed by atoms with Crippen LogP contribution in [0.25, 0.3) is 0 Å². The van der Waals surface area contributed by atoms with Crippen LogP contribution in [0.4, 0.5) is 0 Å². The van der Waals surface area contributed by atoms with Crippen molar-refractivity contribution in [2.24, 2.45) is 0 Å². The molecule has 0 unspecified atom stereocenters. The molecular formula is C12H23NO3. The third-order valence-corrected chi connectivity index (χ3v) is 2.45. The normalized spacial score (nSPS) is 11.2. The van der Waals surface area contributed by atoms with Crippen molar-refractivity contribution >= 4 is 11.9 Å². The first-order valence-electron chi connectivity index (χ1n) is 5.90. The SMILES string of the molecule is CCCCCC(=O)NC(C)(C)CCC(=O)O. The van der Waals surface area contributed by atoms with Crippen LogP contribution in [0.1, 0.15) is 59.3 Å². The number of aliphatic carboxylic acids is 1. The number of unbranched alkanes of at least 4 members (excludes halogenated alkanes) is 2. The van der Waals surface area contributed by atoms with E-state index >= 15 is 0 Å². The van der Waals surface area contributed by atoms with Crippen LogP contribution in [-0.4, -0.2) is 22.5 Å². The van der Waals surface area contributed by atoms with Gasteiger partial charge in [0.15, 0.2) is 0 Å². The topological polar surface area (TPSA) is 66.4 Å². The molecule has 94 valence electrons. The highest BCUT2D eigenvalue weighted by molar-refractivity contribution is 5.76. The first kappa shape index (κ1) is 14.9. The maximum atomic E-state index is 11.5. The van der Waals surface area contributed by atoms with Gasteiger partial charge in [0.2, 0.25) is 5.91 Å². The summed E-state index contributed by atoms with van der Waals surface area (Å²) in [5, 5.41) is 11.4. The number of nitrogens with one attached hydrogen (secondary N) is 1. The van der Waals surface area contributed by atoms with Crippen LogP contribution in [0.15, 0.2) is 0 Å². The molecule has 0 saturated carbocycles. The summed E-state index contributed by atoms with van der Waals surface area (Å²) in [6.45, 7) is 5.80. The molecular weight excluding hydrogens is 206 g/mol. The maximum absolute atomic E-state index is 11.5. The van der Waals surface area contributed by atoms with E-state index in [4.69, 9.17) is 5.11 Å². The van der Waals surface area contributed by atoms with Gasteiger partial charge >= 0.3 is 5.97 Å². The average Bonchev–Trinajstić information content (AvgIpc) is 2.15. The predicted molar refractivity (Wildman–Crippen MR) is 63.2 cm³/mol. The van der Waals surface area contributed by atoms with Gasteiger partial charge in [-0.15, -0.1) is 0 Å². The van der Waals surface area contributed by atoms with E-state index < -0.39 is 11.5 Å². The zero-order valence-corrected chi connectivity index (χ0v) is 10.5. The van der Waals surface area contributed by atoms with Gasteiger partial charge in [-0.2, -0.15) is 0 Å². The van der Waals surface area contributed by atoms with E-state index in [1.807, 2.05) is 13.8 Å². The lowest BCUT2D eigenvalue weighted by atomic mass is 9.98. The molecule has 0 aromatic heterocycles. The van der Waals surface area contributed by atoms with Gasteiger partial charge in [0.05, 0.1) is 0 Å². The third kappa shape index (κ3) is 8.26. The number of hydrogen-bond donors (Lipinski definition) is 2. The predicted octanol–water partition coefficient (Wildman–Crippen LogP) is 2.33. The smallest absolute Gasteiger partial charge is 0.303 e. The van der Waals surface area contributed by atoms with E-state index in [1.165, 1.54) is 0 Å². The molecule has 4 heteroatoms. The van der Waals surface area contributed by atoms with Crippen molar-refractivity contribution in [2.45, 2.75) is 64.8 Å². The summed E-state index contributed by atoms with van der Waals surface area (Å²) < 4.78 is 0. The highest BCUT2D eigenvalue weighted by Gasteiger charge is 2.20. The van der Waals surface area contributed by atoms with Crippen molar-refractivity contribution in [3.05, 3.63) is 0 Å². The Labute approximate surface area is 97.4 Å². The van der Waals surface area contributed by atoms with E-state index in [2.05, 4.69) is 12.2 Å². The number of carbonyl (C=O) groups excluding carboxylic acids is 1. The van der Waals surface area contributed by atoms with Crippen LogP contribution in [0.5, 0.6) is 0 Å². The fourth-order valence-corrected chi connectivity index (χ4v) is 1.46. The van der Waals surface area contributed by atoms with Crippen molar-refractivity contribution in [1.29, 1.82) is 0 Å². The minimum absolute atomic E-state index is 0.0174. The monoisotopic (exact) mass is 229 g/mol. The van der Waals surface area contributed by atoms with Gasteiger partial charge in [0.25, 0.3) is 0 Å². The molecule has 0 aliphatic rings. The van der Waals surface area contributed by atoms with E-state index in [0.717, 1.165) is 19.3 Å². The van der Waals surface area contributed by atoms with Gasteiger partial charge in [0, 0.05) is 18.4 Å². The average molecular weight is 229 g/mol. The maximum Gasteiger partial charge on any atom is 0.303 e. The van der Waals surface area contributed by atoms with Crippen molar-refractivity contribution in [3.8, 4) is 0 Å². The number of hydrogen-bond acceptors (Lipinski definition) is 2. The lowest BCUT2D eigenvalue weighted by molar-refractivity contribution is -0.137. The number of carboxylic acid groups (broad SMARTS) is 1. The molecule has 4 nitrogen and oxygen atoms in total. The van der Waals surface area contributed by atoms with Crippen LogP contribution in [0.2, 0.25) is 0 Å². The number of rotatable bonds is 8. The van der Waals surface area contributed by atoms with Crippen molar-refractivity contribution < 1.29 is 14.7 Å². The van der Waals surface area contributed by atoms with Crippen LogP contribution in [0.3, 0.4) is 0 Å². The molecule has 2 N–H and O–H groups in total. The highest BCUT2D eigenvalue weighted by Crippen LogP contribution is 2.12. The Bertz CT molecular complexity index is 236. The second-order valence-electron chi connectivity index (χ2n) is 4.78. The Kier molecular flexibility index (Phi) is 6.77. The van der Waals surface area contributed by atoms with E-state index in [1.54, 1.807) is 0 Å². The van der Waals surface area contributed by atoms with Gasteiger partial charge < -0.3 is 10.4 Å². The van der Waals surface area contributed by atoms with Gasteiger partial charge in [0.1, 0.15) is 0 Å². The molecule has 0 bridgehead atoms. The molecule has 0 heterocycles. The first-order chi connectivity index (χ1) is 7.37. The minimum Gasteiger partial charge on any atom is -0.481 e. The molecule has 0 aliphatic carbocycles. The summed E-state index contributed by atoms with van der Waals surface area (Å²) in [5.74, 6) is -0.808. The van der Waals surface area contributed by atoms with Crippen LogP contribution >= 0.6 is 0 Å². The standard InChI is InChI=1S/C12H23NO3/c1-4-5-6-7-10(14)13-12(2,3)9-8-11(15)16/h4-9H2,1-3H3,(H,13,14)(H,15,16). The fourth-order valence-electron chi connectivity index (χ4n) is 1.46. The summed E-state index contributed by atoms with van der Waals surface area (Å²) in [6.07, 6.45) is 4.13. The second kappa shape index (κ2) is 7.25. The Morgan fingerprint density at radius 2 is 1.81 bits per heavy atom. The Morgan fingerprint density at radius 1 is 1.19 bits per heavy atom. The number of carbonyl (C=O) groups is 2. The van der Waals surface area contributed by atoms with Crippen LogP contribution in [-0.2, 0) is 9.59 Å². The van der Waals surface area contributed by atoms with Crippen molar-refractivity contribution in [2.75, 3.05) is 0 Å². The van der Waals surface area contributed by atoms with Crippen LogP contribution in [0, 0.1) is 0 Å². The van der Waals surface area contributed by atoms with E-state index in [9.17, 15) is 9.59 Å². The highest BCUT2D eigenvalue weighted by atomic mass is 16.4. The van der Waals surface area contributed by atoms with Crippen molar-refractivity contribution in [3.63, 3.8) is 0 Å². The summed E-state index contributed by atoms with van der Waals surface area (Å²) >= 11 is 0. The molecule has 0 saturated heterocycles. The zero-order chi connectivity index (χ0) is 12.6. The molecule has 0 aromatic rings. The second-order valence-corrected chi connectivity index (χ2v) is 4.78. The third-order valence-electron chi connectivity index (χ3n) is 2.45. The summed E-state index contributed by atoms with van der Waals surface area (Å²) in [4.78, 5) is 21.9. The molecule has 0 fully saturated rings. The van der Waals surface area contributed by atoms with E-state index in [0.29, 0.717) is 12.8 Å². The molecule has 0 spiro atoms. The zero-order valence-electron chi connectivity index (χ0n) is 10.5. The first-order valence-corrected chi connectivity index (χ1v) is 5.90. The molecule has 0 atom stereocenters. The lowest BCUT2D eigenvalue weighted by Gasteiger charge is -2.25. The van der Waals surface area contributed by atoms with Gasteiger partial charge in [-0.05, 0) is 26.7 Å². The van der Waals surface area contributed by atoms with Crippen LogP contribution < -0.4 is 5.32 Å². The Hall–Kier alpha value is -1.06. The summed E-state index contributed by atoms with van der Waals surface area (Å²) in [5.41, 5.74) is -0.429. The molecule has 0 aliphatic heterocycles. The Morgan fingerprint density at radius 3 is 2.31 bits per heavy atom. The molecule has 0 aromatic carbocycles. The quantitative estimate of drug-likeness (QED) is 0.628. The minimum atomic E-state index is -0.826.